The van der Waals surface area contributed by atoms with Crippen LogP contribution in [0.25, 0.3) is 11.0 Å². The maximum Gasteiger partial charge on any atom is 0.501 e. The number of carbonyl (C=O) groups is 1. The number of hydrogen-bond acceptors (Lipinski definition) is 11. The van der Waals surface area contributed by atoms with Crippen LogP contribution in [0.5, 0.6) is 11.5 Å². The number of benzene rings is 2. The van der Waals surface area contributed by atoms with Crippen LogP contribution in [0.1, 0.15) is 10.4 Å². The Hall–Kier alpha value is -4.23. The summed E-state index contributed by atoms with van der Waals surface area (Å²) in [5, 5.41) is 3.39. The molecule has 2 aliphatic heterocycles. The van der Waals surface area contributed by atoms with E-state index in [0.29, 0.717) is 50.0 Å². The van der Waals surface area contributed by atoms with Crippen LogP contribution in [-0.2, 0) is 29.3 Å². The number of alkyl halides is 3. The van der Waals surface area contributed by atoms with Gasteiger partial charge in [0.1, 0.15) is 22.0 Å². The topological polar surface area (TPSA) is 169 Å². The van der Waals surface area contributed by atoms with Gasteiger partial charge < -0.3 is 24.5 Å². The van der Waals surface area contributed by atoms with Crippen molar-refractivity contribution in [3.63, 3.8) is 0 Å². The van der Waals surface area contributed by atoms with E-state index in [1.54, 1.807) is 29.1 Å². The SMILES string of the molecule is O=C(NS(=O)(=O)c1ccc(NCC2CN(C3COC3)CCO2)c(S(=O)(=O)C(F)(F)F)c1)c1ccccc1Oc1cnc2[nH]ccc2c1. The predicted molar refractivity (Wildman–Crippen MR) is 161 cm³/mol. The number of fused-ring (bicyclic) bond motifs is 1. The van der Waals surface area contributed by atoms with Gasteiger partial charge in [0.2, 0.25) is 0 Å². The Kier molecular flexibility index (Phi) is 8.88. The van der Waals surface area contributed by atoms with Crippen molar-refractivity contribution in [3.05, 3.63) is 72.6 Å². The van der Waals surface area contributed by atoms with Gasteiger partial charge in [-0.15, -0.1) is 0 Å². The predicted octanol–water partition coefficient (Wildman–Crippen LogP) is 3.28. The Morgan fingerprint density at radius 1 is 1.09 bits per heavy atom. The van der Waals surface area contributed by atoms with Crippen LogP contribution in [0, 0.1) is 0 Å². The third kappa shape index (κ3) is 6.91. The molecule has 0 aliphatic carbocycles. The maximum absolute atomic E-state index is 13.7. The number of halogens is 3. The maximum atomic E-state index is 13.7. The first kappa shape index (κ1) is 32.7. The van der Waals surface area contributed by atoms with Crippen molar-refractivity contribution < 1.29 is 49.0 Å². The summed E-state index contributed by atoms with van der Waals surface area (Å²) in [6, 6.07) is 11.4. The zero-order valence-electron chi connectivity index (χ0n) is 24.4. The van der Waals surface area contributed by atoms with E-state index in [4.69, 9.17) is 14.2 Å². The molecule has 3 N–H and O–H groups in total. The van der Waals surface area contributed by atoms with E-state index >= 15 is 0 Å². The lowest BCUT2D eigenvalue weighted by Crippen LogP contribution is -2.56. The van der Waals surface area contributed by atoms with Crippen LogP contribution in [0.3, 0.4) is 0 Å². The molecule has 250 valence electrons. The molecule has 0 saturated carbocycles. The van der Waals surface area contributed by atoms with Crippen LogP contribution in [0.2, 0.25) is 0 Å². The quantitative estimate of drug-likeness (QED) is 0.223. The molecule has 2 saturated heterocycles. The second-order valence-corrected chi connectivity index (χ2v) is 14.4. The minimum atomic E-state index is -6.03. The summed E-state index contributed by atoms with van der Waals surface area (Å²) in [5.41, 5.74) is -5.85. The van der Waals surface area contributed by atoms with Crippen molar-refractivity contribution in [3.8, 4) is 11.5 Å². The molecule has 18 heteroatoms. The molecule has 2 aromatic carbocycles. The Morgan fingerprint density at radius 2 is 1.87 bits per heavy atom. The molecule has 1 atom stereocenters. The van der Waals surface area contributed by atoms with E-state index in [1.807, 2.05) is 0 Å². The first-order valence-electron chi connectivity index (χ1n) is 14.2. The largest absolute Gasteiger partial charge is 0.501 e. The van der Waals surface area contributed by atoms with Crippen LogP contribution in [-0.4, -0.2) is 94.7 Å². The number of ether oxygens (including phenoxy) is 3. The highest BCUT2D eigenvalue weighted by Crippen LogP contribution is 2.36. The number of nitrogens with zero attached hydrogens (tertiary/aromatic N) is 2. The first-order valence-corrected chi connectivity index (χ1v) is 17.2. The number of amides is 1. The summed E-state index contributed by atoms with van der Waals surface area (Å²) >= 11 is 0. The first-order chi connectivity index (χ1) is 22.3. The third-order valence-electron chi connectivity index (χ3n) is 7.65. The van der Waals surface area contributed by atoms with Crippen molar-refractivity contribution >= 4 is 42.5 Å². The number of para-hydroxylation sites is 1. The summed E-state index contributed by atoms with van der Waals surface area (Å²) < 4.78 is 111. The van der Waals surface area contributed by atoms with E-state index in [2.05, 4.69) is 20.2 Å². The number of rotatable bonds is 10. The number of H-pyrrole nitrogens is 1. The average Bonchev–Trinajstić information content (AvgIpc) is 3.47. The van der Waals surface area contributed by atoms with Gasteiger partial charge in [0.25, 0.3) is 25.8 Å². The standard InChI is InChI=1S/C29H28F3N5O8S2/c30-29(31,32)46(39,40)26-12-22(5-6-24(26)34-14-21-15-37(9-10-44-21)19-16-43-17-19)47(41,42)36-28(38)23-3-1-2-4-25(23)45-20-11-18-7-8-33-27(18)35-13-20/h1-8,11-13,19,21,34H,9-10,14-17H2,(H,33,35)(H,36,38). The van der Waals surface area contributed by atoms with Crippen molar-refractivity contribution in [1.29, 1.82) is 0 Å². The summed E-state index contributed by atoms with van der Waals surface area (Å²) in [7, 11) is -10.9. The van der Waals surface area contributed by atoms with E-state index in [1.165, 1.54) is 24.4 Å². The van der Waals surface area contributed by atoms with Crippen molar-refractivity contribution in [2.75, 3.05) is 44.8 Å². The number of morpholine rings is 1. The molecular weight excluding hydrogens is 667 g/mol. The third-order valence-corrected chi connectivity index (χ3v) is 10.5. The number of sulfone groups is 1. The zero-order chi connectivity index (χ0) is 33.4. The zero-order valence-corrected chi connectivity index (χ0v) is 26.0. The van der Waals surface area contributed by atoms with Crippen LogP contribution in [0.15, 0.2) is 76.8 Å². The van der Waals surface area contributed by atoms with Crippen molar-refractivity contribution in [2.45, 2.75) is 27.4 Å². The van der Waals surface area contributed by atoms with Crippen LogP contribution >= 0.6 is 0 Å². The van der Waals surface area contributed by atoms with E-state index in [0.717, 1.165) is 12.1 Å². The normalized spacial score (nSPS) is 18.1. The monoisotopic (exact) mass is 695 g/mol. The molecule has 0 bridgehead atoms. The van der Waals surface area contributed by atoms with Crippen molar-refractivity contribution in [1.82, 2.24) is 19.6 Å². The van der Waals surface area contributed by atoms with Gasteiger partial charge in [0, 0.05) is 31.2 Å². The lowest BCUT2D eigenvalue weighted by molar-refractivity contribution is -0.111. The molecule has 2 fully saturated rings. The highest BCUT2D eigenvalue weighted by Gasteiger charge is 2.48. The van der Waals surface area contributed by atoms with Gasteiger partial charge in [-0.25, -0.2) is 26.5 Å². The minimum Gasteiger partial charge on any atom is -0.455 e. The Balaban J connectivity index is 1.23. The van der Waals surface area contributed by atoms with Gasteiger partial charge in [0.05, 0.1) is 54.3 Å². The molecule has 6 rings (SSSR count). The fourth-order valence-electron chi connectivity index (χ4n) is 5.10. The lowest BCUT2D eigenvalue weighted by Gasteiger charge is -2.42. The molecule has 2 aromatic heterocycles. The highest BCUT2D eigenvalue weighted by atomic mass is 32.2. The fourth-order valence-corrected chi connectivity index (χ4v) is 7.13. The van der Waals surface area contributed by atoms with Gasteiger partial charge >= 0.3 is 5.51 Å². The number of hydrogen-bond donors (Lipinski definition) is 3. The van der Waals surface area contributed by atoms with Gasteiger partial charge in [0.15, 0.2) is 0 Å². The van der Waals surface area contributed by atoms with E-state index < -0.39 is 52.9 Å². The number of carbonyl (C=O) groups excluding carboxylic acids is 1. The highest BCUT2D eigenvalue weighted by molar-refractivity contribution is 7.92. The summed E-state index contributed by atoms with van der Waals surface area (Å²) in [4.78, 5) is 20.2. The number of pyridine rings is 1. The Morgan fingerprint density at radius 3 is 2.62 bits per heavy atom. The Labute approximate surface area is 267 Å². The summed E-state index contributed by atoms with van der Waals surface area (Å²) in [6.45, 7) is 2.50. The summed E-state index contributed by atoms with van der Waals surface area (Å²) in [6.07, 6.45) is 2.57. The minimum absolute atomic E-state index is 0.0369. The number of sulfonamides is 1. The van der Waals surface area contributed by atoms with E-state index in [-0.39, 0.29) is 29.6 Å². The number of aromatic amines is 1. The van der Waals surface area contributed by atoms with Gasteiger partial charge in [-0.1, -0.05) is 12.1 Å². The second-order valence-electron chi connectivity index (χ2n) is 10.8. The fraction of sp³-hybridized carbons (Fsp3) is 0.310. The smallest absolute Gasteiger partial charge is 0.455 e. The molecule has 4 aromatic rings. The summed E-state index contributed by atoms with van der Waals surface area (Å²) in [5.74, 6) is -0.964. The van der Waals surface area contributed by atoms with Crippen LogP contribution in [0.4, 0.5) is 18.9 Å². The number of nitrogens with one attached hydrogen (secondary N) is 3. The van der Waals surface area contributed by atoms with Crippen molar-refractivity contribution in [2.24, 2.45) is 0 Å². The van der Waals surface area contributed by atoms with Gasteiger partial charge in [-0.3, -0.25) is 9.69 Å². The molecule has 1 amide bonds. The molecule has 47 heavy (non-hydrogen) atoms. The Bertz CT molecular complexity index is 2020. The number of aromatic nitrogens is 2. The van der Waals surface area contributed by atoms with Crippen LogP contribution < -0.4 is 14.8 Å². The molecular formula is C29H28F3N5O8S2. The number of anilines is 1. The van der Waals surface area contributed by atoms with Gasteiger partial charge in [-0.05, 0) is 42.5 Å². The second kappa shape index (κ2) is 12.8. The lowest BCUT2D eigenvalue weighted by atomic mass is 10.1. The van der Waals surface area contributed by atoms with Gasteiger partial charge in [-0.2, -0.15) is 13.2 Å². The molecule has 1 unspecified atom stereocenters. The molecule has 2 aliphatic rings. The molecule has 4 heterocycles. The average molecular weight is 696 g/mol. The molecule has 0 spiro atoms. The molecule has 13 nitrogen and oxygen atoms in total. The van der Waals surface area contributed by atoms with E-state index in [9.17, 15) is 34.8 Å². The molecule has 0 radical (unpaired) electrons.